The molecule has 8 heteroatoms. The zero-order valence-electron chi connectivity index (χ0n) is 15.2. The average molecular weight is 401 g/mol. The fraction of sp³-hybridized carbons (Fsp3) is 0.200. The monoisotopic (exact) mass is 400 g/mol. The molecule has 1 aliphatic rings. The Balaban J connectivity index is 1.89. The molecule has 7 nitrogen and oxygen atoms in total. The van der Waals surface area contributed by atoms with E-state index in [1.54, 1.807) is 18.2 Å². The Morgan fingerprint density at radius 3 is 2.79 bits per heavy atom. The van der Waals surface area contributed by atoms with Gasteiger partial charge in [0, 0.05) is 12.1 Å². The van der Waals surface area contributed by atoms with Crippen molar-refractivity contribution in [2.45, 2.75) is 13.8 Å². The summed E-state index contributed by atoms with van der Waals surface area (Å²) in [5, 5.41) is 11.2. The van der Waals surface area contributed by atoms with Gasteiger partial charge in [-0.2, -0.15) is 0 Å². The highest BCUT2D eigenvalue weighted by Crippen LogP contribution is 2.27. The zero-order chi connectivity index (χ0) is 20.3. The first-order valence-electron chi connectivity index (χ1n) is 8.53. The molecule has 1 heterocycles. The first-order valence-corrected chi connectivity index (χ1v) is 8.91. The van der Waals surface area contributed by atoms with Crippen LogP contribution in [-0.2, 0) is 9.53 Å². The Morgan fingerprint density at radius 1 is 1.29 bits per heavy atom. The molecule has 0 N–H and O–H groups in total. The fourth-order valence-electron chi connectivity index (χ4n) is 2.43. The molecule has 2 aromatic rings. The minimum absolute atomic E-state index is 0.0681. The van der Waals surface area contributed by atoms with E-state index >= 15 is 0 Å². The lowest BCUT2D eigenvalue weighted by Gasteiger charge is -2.08. The lowest BCUT2D eigenvalue weighted by atomic mass is 10.2. The van der Waals surface area contributed by atoms with Gasteiger partial charge < -0.3 is 9.47 Å². The van der Waals surface area contributed by atoms with Gasteiger partial charge in [0.2, 0.25) is 5.90 Å². The van der Waals surface area contributed by atoms with Crippen molar-refractivity contribution in [3.63, 3.8) is 0 Å². The minimum Gasteiger partial charge on any atom is -0.493 e. The highest BCUT2D eigenvalue weighted by molar-refractivity contribution is 6.34. The fourth-order valence-corrected chi connectivity index (χ4v) is 2.63. The molecule has 0 aliphatic carbocycles. The molecular formula is C20H17ClN2O5. The van der Waals surface area contributed by atoms with Crippen LogP contribution in [0.25, 0.3) is 6.08 Å². The predicted octanol–water partition coefficient (Wildman–Crippen LogP) is 4.63. The number of non-ortho nitro benzene ring substituents is 1. The molecule has 0 fully saturated rings. The second-order valence-electron chi connectivity index (χ2n) is 6.53. The second-order valence-corrected chi connectivity index (χ2v) is 6.94. The van der Waals surface area contributed by atoms with Gasteiger partial charge in [-0.3, -0.25) is 10.1 Å². The summed E-state index contributed by atoms with van der Waals surface area (Å²) in [7, 11) is 0. The van der Waals surface area contributed by atoms with Gasteiger partial charge in [0.05, 0.1) is 22.1 Å². The van der Waals surface area contributed by atoms with Crippen LogP contribution in [0.1, 0.15) is 25.0 Å². The molecular weight excluding hydrogens is 384 g/mol. The number of aliphatic imine (C=N–C) groups is 1. The average Bonchev–Trinajstić information content (AvgIpc) is 3.00. The number of ether oxygens (including phenoxy) is 2. The van der Waals surface area contributed by atoms with Gasteiger partial charge in [0.1, 0.15) is 5.75 Å². The maximum atomic E-state index is 12.2. The summed E-state index contributed by atoms with van der Waals surface area (Å²) in [6.07, 6.45) is 1.56. The molecule has 0 atom stereocenters. The van der Waals surface area contributed by atoms with Crippen molar-refractivity contribution in [3.8, 4) is 5.75 Å². The van der Waals surface area contributed by atoms with Crippen LogP contribution in [0.5, 0.6) is 5.75 Å². The third-order valence-electron chi connectivity index (χ3n) is 3.76. The van der Waals surface area contributed by atoms with Crippen LogP contribution in [-0.4, -0.2) is 23.4 Å². The number of hydrogen-bond donors (Lipinski definition) is 0. The van der Waals surface area contributed by atoms with Gasteiger partial charge in [-0.1, -0.05) is 37.6 Å². The van der Waals surface area contributed by atoms with Gasteiger partial charge in [-0.05, 0) is 35.8 Å². The van der Waals surface area contributed by atoms with Crippen molar-refractivity contribution in [1.82, 2.24) is 0 Å². The first-order chi connectivity index (χ1) is 13.3. The number of carbonyl (C=O) groups is 1. The number of rotatable bonds is 6. The smallest absolute Gasteiger partial charge is 0.363 e. The van der Waals surface area contributed by atoms with E-state index in [1.165, 1.54) is 18.2 Å². The number of benzene rings is 2. The molecule has 144 valence electrons. The number of nitro groups is 1. The van der Waals surface area contributed by atoms with Crippen molar-refractivity contribution in [2.75, 3.05) is 6.61 Å². The Kier molecular flexibility index (Phi) is 5.75. The van der Waals surface area contributed by atoms with Crippen LogP contribution >= 0.6 is 11.6 Å². The van der Waals surface area contributed by atoms with Gasteiger partial charge in [0.15, 0.2) is 5.70 Å². The molecule has 0 bridgehead atoms. The lowest BCUT2D eigenvalue weighted by Crippen LogP contribution is -2.06. The van der Waals surface area contributed by atoms with E-state index in [2.05, 4.69) is 18.8 Å². The molecule has 0 spiro atoms. The molecule has 3 rings (SSSR count). The topological polar surface area (TPSA) is 91.0 Å². The Labute approximate surface area is 166 Å². The molecule has 0 saturated carbocycles. The summed E-state index contributed by atoms with van der Waals surface area (Å²) in [4.78, 5) is 26.7. The van der Waals surface area contributed by atoms with E-state index in [9.17, 15) is 14.9 Å². The van der Waals surface area contributed by atoms with Crippen LogP contribution in [0.3, 0.4) is 0 Å². The standard InChI is InChI=1S/C20H17ClN2O5/c1-12(2)11-27-15-5-3-4-13(8-15)9-18-20(24)28-19(22-18)16-10-14(23(25)26)6-7-17(16)21/h3-10,12H,11H2,1-2H3/b18-9-. The third kappa shape index (κ3) is 4.55. The van der Waals surface area contributed by atoms with E-state index in [4.69, 9.17) is 21.1 Å². The molecule has 0 aromatic heterocycles. The summed E-state index contributed by atoms with van der Waals surface area (Å²) >= 11 is 6.09. The van der Waals surface area contributed by atoms with Gasteiger partial charge >= 0.3 is 5.97 Å². The highest BCUT2D eigenvalue weighted by atomic mass is 35.5. The number of halogens is 1. The van der Waals surface area contributed by atoms with Crippen molar-refractivity contribution < 1.29 is 19.2 Å². The van der Waals surface area contributed by atoms with Gasteiger partial charge in [-0.25, -0.2) is 9.79 Å². The van der Waals surface area contributed by atoms with Crippen molar-refractivity contribution in [3.05, 3.63) is 74.4 Å². The van der Waals surface area contributed by atoms with Crippen molar-refractivity contribution >= 4 is 35.2 Å². The Bertz CT molecular complexity index is 998. The quantitative estimate of drug-likeness (QED) is 0.305. The molecule has 0 radical (unpaired) electrons. The predicted molar refractivity (Wildman–Crippen MR) is 105 cm³/mol. The Morgan fingerprint density at radius 2 is 2.07 bits per heavy atom. The molecule has 2 aromatic carbocycles. The third-order valence-corrected chi connectivity index (χ3v) is 4.09. The lowest BCUT2D eigenvalue weighted by molar-refractivity contribution is -0.384. The molecule has 0 unspecified atom stereocenters. The second kappa shape index (κ2) is 8.22. The van der Waals surface area contributed by atoms with E-state index in [0.717, 1.165) is 0 Å². The van der Waals surface area contributed by atoms with E-state index in [-0.39, 0.29) is 27.9 Å². The summed E-state index contributed by atoms with van der Waals surface area (Å²) in [5.41, 5.74) is 0.786. The van der Waals surface area contributed by atoms with Crippen molar-refractivity contribution in [1.29, 1.82) is 0 Å². The summed E-state index contributed by atoms with van der Waals surface area (Å²) < 4.78 is 10.8. The molecule has 28 heavy (non-hydrogen) atoms. The maximum absolute atomic E-state index is 12.2. The molecule has 0 amide bonds. The van der Waals surface area contributed by atoms with Crippen LogP contribution in [0.2, 0.25) is 5.02 Å². The number of hydrogen-bond acceptors (Lipinski definition) is 6. The minimum atomic E-state index is -0.661. The van der Waals surface area contributed by atoms with Crippen LogP contribution in [0.4, 0.5) is 5.69 Å². The largest absolute Gasteiger partial charge is 0.493 e. The normalized spacial score (nSPS) is 14.9. The number of carbonyl (C=O) groups excluding carboxylic acids is 1. The number of esters is 1. The summed E-state index contributed by atoms with van der Waals surface area (Å²) in [6.45, 7) is 4.68. The van der Waals surface area contributed by atoms with Gasteiger partial charge in [0.25, 0.3) is 5.69 Å². The van der Waals surface area contributed by atoms with Crippen molar-refractivity contribution in [2.24, 2.45) is 10.9 Å². The Hall–Kier alpha value is -3.19. The number of cyclic esters (lactones) is 1. The van der Waals surface area contributed by atoms with E-state index in [0.29, 0.717) is 23.8 Å². The van der Waals surface area contributed by atoms with Crippen LogP contribution in [0, 0.1) is 16.0 Å². The summed E-state index contributed by atoms with van der Waals surface area (Å²) in [6, 6.07) is 11.1. The maximum Gasteiger partial charge on any atom is 0.363 e. The van der Waals surface area contributed by atoms with E-state index < -0.39 is 10.9 Å². The van der Waals surface area contributed by atoms with Crippen LogP contribution < -0.4 is 4.74 Å². The summed E-state index contributed by atoms with van der Waals surface area (Å²) in [5.74, 6) is 0.335. The SMILES string of the molecule is CC(C)COc1cccc(/C=C2\N=C(c3cc([N+](=O)[O-])ccc3Cl)OC2=O)c1. The first kappa shape index (κ1) is 19.6. The molecule has 1 aliphatic heterocycles. The van der Waals surface area contributed by atoms with Crippen LogP contribution in [0.15, 0.2) is 53.2 Å². The van der Waals surface area contributed by atoms with E-state index in [1.807, 2.05) is 12.1 Å². The number of nitrogens with zero attached hydrogens (tertiary/aromatic N) is 2. The zero-order valence-corrected chi connectivity index (χ0v) is 16.0. The number of nitro benzene ring substituents is 1. The molecule has 0 saturated heterocycles. The highest BCUT2D eigenvalue weighted by Gasteiger charge is 2.27. The van der Waals surface area contributed by atoms with Gasteiger partial charge in [-0.15, -0.1) is 0 Å².